The first-order valence-electron chi connectivity index (χ1n) is 18.9. The second kappa shape index (κ2) is 34.5. The van der Waals surface area contributed by atoms with E-state index in [4.69, 9.17) is 14.9 Å². The molecule has 0 heterocycles. The summed E-state index contributed by atoms with van der Waals surface area (Å²) in [6, 6.07) is 0. The van der Waals surface area contributed by atoms with Crippen LogP contribution in [0.3, 0.4) is 0 Å². The van der Waals surface area contributed by atoms with Gasteiger partial charge in [-0.1, -0.05) is 110 Å². The van der Waals surface area contributed by atoms with E-state index in [9.17, 15) is 9.59 Å². The third-order valence-electron chi connectivity index (χ3n) is 8.64. The van der Waals surface area contributed by atoms with Crippen LogP contribution < -0.4 is 0 Å². The molecule has 0 bridgehead atoms. The Morgan fingerprint density at radius 1 is 0.568 bits per heavy atom. The zero-order valence-corrected chi connectivity index (χ0v) is 29.2. The number of esters is 1. The van der Waals surface area contributed by atoms with Crippen LogP contribution in [0.5, 0.6) is 0 Å². The Morgan fingerprint density at radius 3 is 1.50 bits per heavy atom. The standard InChI is InChI=1S/C37H73NO6/c1-3-5-7-9-12-19-27-35(28-20-13-10-8-6-4-2)44-36(40)29-21-14-11-15-22-30-38(32-24-18-25-33-39)31-23-16-17-26-34-43-37(41)42/h35,39H,3-34H2,1-2H3,(H,41,42). The largest absolute Gasteiger partial charge is 0.505 e. The molecular formula is C37H73NO6. The van der Waals surface area contributed by atoms with E-state index in [1.807, 2.05) is 0 Å². The van der Waals surface area contributed by atoms with E-state index in [1.54, 1.807) is 0 Å². The topological polar surface area (TPSA) is 96.3 Å². The van der Waals surface area contributed by atoms with Gasteiger partial charge in [-0.2, -0.15) is 0 Å². The molecule has 0 aromatic rings. The maximum absolute atomic E-state index is 12.7. The number of ether oxygens (including phenoxy) is 2. The smallest absolute Gasteiger partial charge is 0.462 e. The van der Waals surface area contributed by atoms with Gasteiger partial charge in [0.05, 0.1) is 6.61 Å². The predicted molar refractivity (Wildman–Crippen MR) is 183 cm³/mol. The van der Waals surface area contributed by atoms with Gasteiger partial charge in [-0.05, 0) is 90.3 Å². The third kappa shape index (κ3) is 32.1. The lowest BCUT2D eigenvalue weighted by atomic mass is 10.0. The molecule has 0 fully saturated rings. The molecular weight excluding hydrogens is 554 g/mol. The number of rotatable bonds is 35. The Labute approximate surface area is 272 Å². The van der Waals surface area contributed by atoms with Crippen LogP contribution in [0.1, 0.15) is 187 Å². The Morgan fingerprint density at radius 2 is 1.00 bits per heavy atom. The molecule has 0 aromatic heterocycles. The lowest BCUT2D eigenvalue weighted by Crippen LogP contribution is -2.27. The van der Waals surface area contributed by atoms with Gasteiger partial charge >= 0.3 is 12.1 Å². The molecule has 44 heavy (non-hydrogen) atoms. The van der Waals surface area contributed by atoms with Gasteiger partial charge < -0.3 is 24.6 Å². The van der Waals surface area contributed by atoms with Crippen molar-refractivity contribution in [3.63, 3.8) is 0 Å². The van der Waals surface area contributed by atoms with Crippen molar-refractivity contribution in [3.8, 4) is 0 Å². The van der Waals surface area contributed by atoms with Crippen LogP contribution in [0.25, 0.3) is 0 Å². The molecule has 7 nitrogen and oxygen atoms in total. The molecule has 0 unspecified atom stereocenters. The summed E-state index contributed by atoms with van der Waals surface area (Å²) in [6.45, 7) is 8.32. The van der Waals surface area contributed by atoms with Crippen molar-refractivity contribution in [2.75, 3.05) is 32.8 Å². The Kier molecular flexibility index (Phi) is 33.5. The van der Waals surface area contributed by atoms with Gasteiger partial charge in [0, 0.05) is 13.0 Å². The van der Waals surface area contributed by atoms with Crippen LogP contribution in [-0.4, -0.2) is 66.2 Å². The van der Waals surface area contributed by atoms with Crippen molar-refractivity contribution < 1.29 is 29.3 Å². The third-order valence-corrected chi connectivity index (χ3v) is 8.64. The molecule has 262 valence electrons. The zero-order valence-electron chi connectivity index (χ0n) is 29.2. The molecule has 2 N–H and O–H groups in total. The first-order chi connectivity index (χ1) is 21.5. The molecule has 0 aromatic carbocycles. The van der Waals surface area contributed by atoms with E-state index < -0.39 is 6.16 Å². The number of nitrogens with zero attached hydrogens (tertiary/aromatic N) is 1. The Bertz CT molecular complexity index is 601. The number of carbonyl (C=O) groups excluding carboxylic acids is 1. The summed E-state index contributed by atoms with van der Waals surface area (Å²) >= 11 is 0. The van der Waals surface area contributed by atoms with Crippen LogP contribution in [0.15, 0.2) is 0 Å². The highest BCUT2D eigenvalue weighted by Crippen LogP contribution is 2.18. The van der Waals surface area contributed by atoms with Crippen LogP contribution in [0.2, 0.25) is 0 Å². The molecule has 0 atom stereocenters. The lowest BCUT2D eigenvalue weighted by molar-refractivity contribution is -0.150. The minimum atomic E-state index is -1.19. The predicted octanol–water partition coefficient (Wildman–Crippen LogP) is 10.5. The highest BCUT2D eigenvalue weighted by molar-refractivity contribution is 5.69. The maximum atomic E-state index is 12.7. The summed E-state index contributed by atoms with van der Waals surface area (Å²) in [5.41, 5.74) is 0. The minimum absolute atomic E-state index is 0.00976. The molecule has 0 spiro atoms. The minimum Gasteiger partial charge on any atom is -0.462 e. The summed E-state index contributed by atoms with van der Waals surface area (Å²) in [5.74, 6) is 0.00976. The molecule has 7 heteroatoms. The highest BCUT2D eigenvalue weighted by atomic mass is 16.7. The highest BCUT2D eigenvalue weighted by Gasteiger charge is 2.14. The van der Waals surface area contributed by atoms with E-state index in [-0.39, 0.29) is 25.3 Å². The van der Waals surface area contributed by atoms with E-state index in [0.29, 0.717) is 6.42 Å². The number of hydrogen-bond acceptors (Lipinski definition) is 6. The van der Waals surface area contributed by atoms with E-state index >= 15 is 0 Å². The van der Waals surface area contributed by atoms with Crippen molar-refractivity contribution >= 4 is 12.1 Å². The number of unbranched alkanes of at least 4 members (excludes halogenated alkanes) is 19. The van der Waals surface area contributed by atoms with E-state index in [0.717, 1.165) is 96.7 Å². The van der Waals surface area contributed by atoms with Crippen molar-refractivity contribution in [1.29, 1.82) is 0 Å². The molecule has 0 saturated heterocycles. The van der Waals surface area contributed by atoms with Crippen LogP contribution in [-0.2, 0) is 14.3 Å². The van der Waals surface area contributed by atoms with E-state index in [2.05, 4.69) is 23.5 Å². The number of carboxylic acid groups (broad SMARTS) is 1. The monoisotopic (exact) mass is 628 g/mol. The van der Waals surface area contributed by atoms with Gasteiger partial charge in [0.15, 0.2) is 0 Å². The van der Waals surface area contributed by atoms with Crippen LogP contribution in [0, 0.1) is 0 Å². The van der Waals surface area contributed by atoms with Gasteiger partial charge in [0.25, 0.3) is 0 Å². The second-order valence-corrected chi connectivity index (χ2v) is 12.9. The summed E-state index contributed by atoms with van der Waals surface area (Å²) in [4.78, 5) is 25.7. The maximum Gasteiger partial charge on any atom is 0.505 e. The first-order valence-corrected chi connectivity index (χ1v) is 18.9. The van der Waals surface area contributed by atoms with Crippen molar-refractivity contribution in [3.05, 3.63) is 0 Å². The quantitative estimate of drug-likeness (QED) is 0.0533. The lowest BCUT2D eigenvalue weighted by Gasteiger charge is -2.22. The van der Waals surface area contributed by atoms with Gasteiger partial charge in [-0.3, -0.25) is 4.79 Å². The number of hydrogen-bond donors (Lipinski definition) is 2. The number of aliphatic hydroxyl groups is 1. The summed E-state index contributed by atoms with van der Waals surface area (Å²) in [7, 11) is 0. The fourth-order valence-corrected chi connectivity index (χ4v) is 5.86. The Hall–Kier alpha value is -1.34. The van der Waals surface area contributed by atoms with Gasteiger partial charge in [-0.15, -0.1) is 0 Å². The average Bonchev–Trinajstić information content (AvgIpc) is 3.00. The Balaban J connectivity index is 4.20. The molecule has 0 aliphatic heterocycles. The summed E-state index contributed by atoms with van der Waals surface area (Å²) in [6.07, 6.45) is 29.5. The number of carbonyl (C=O) groups is 2. The fraction of sp³-hybridized carbons (Fsp3) is 0.946. The van der Waals surface area contributed by atoms with Gasteiger partial charge in [0.2, 0.25) is 0 Å². The summed E-state index contributed by atoms with van der Waals surface area (Å²) < 4.78 is 10.6. The first kappa shape index (κ1) is 42.7. The van der Waals surface area contributed by atoms with Gasteiger partial charge in [0.1, 0.15) is 6.10 Å². The second-order valence-electron chi connectivity index (χ2n) is 12.9. The molecule has 0 saturated carbocycles. The normalized spacial score (nSPS) is 11.5. The molecule has 0 amide bonds. The molecule has 0 aliphatic carbocycles. The average molecular weight is 628 g/mol. The van der Waals surface area contributed by atoms with Crippen molar-refractivity contribution in [2.45, 2.75) is 193 Å². The molecule has 0 aliphatic rings. The van der Waals surface area contributed by atoms with E-state index in [1.165, 1.54) is 89.9 Å². The van der Waals surface area contributed by atoms with Crippen LogP contribution >= 0.6 is 0 Å². The van der Waals surface area contributed by atoms with Crippen molar-refractivity contribution in [1.82, 2.24) is 4.90 Å². The fourth-order valence-electron chi connectivity index (χ4n) is 5.86. The zero-order chi connectivity index (χ0) is 32.4. The number of aliphatic hydroxyl groups excluding tert-OH is 1. The van der Waals surface area contributed by atoms with Crippen molar-refractivity contribution in [2.24, 2.45) is 0 Å². The van der Waals surface area contributed by atoms with Gasteiger partial charge in [-0.25, -0.2) is 4.79 Å². The van der Waals surface area contributed by atoms with Crippen LogP contribution in [0.4, 0.5) is 4.79 Å². The molecule has 0 radical (unpaired) electrons. The summed E-state index contributed by atoms with van der Waals surface area (Å²) in [5, 5.41) is 17.6. The molecule has 0 rings (SSSR count). The SMILES string of the molecule is CCCCCCCCC(CCCCCCCC)OC(=O)CCCCCCCN(CCCCCO)CCCCCCOC(=O)O.